The van der Waals surface area contributed by atoms with Gasteiger partial charge in [-0.05, 0) is 92.6 Å². The molecule has 3 heteroatoms. The minimum Gasteiger partial charge on any atom is -0.508 e. The minimum atomic E-state index is -0.212. The van der Waals surface area contributed by atoms with E-state index in [1.807, 2.05) is 18.2 Å². The summed E-state index contributed by atoms with van der Waals surface area (Å²) in [4.78, 5) is 2.45. The lowest BCUT2D eigenvalue weighted by atomic mass is 9.86. The number of aromatic hydroxyl groups is 1. The van der Waals surface area contributed by atoms with Crippen LogP contribution in [-0.2, 0) is 12.8 Å². The molecular formula is C22H26FNO. The van der Waals surface area contributed by atoms with Gasteiger partial charge in [0.25, 0.3) is 0 Å². The third-order valence-corrected chi connectivity index (χ3v) is 5.73. The molecule has 1 heterocycles. The van der Waals surface area contributed by atoms with Gasteiger partial charge < -0.3 is 5.11 Å². The Kier molecular flexibility index (Phi) is 4.76. The molecule has 0 bridgehead atoms. The predicted molar refractivity (Wildman–Crippen MR) is 98.4 cm³/mol. The van der Waals surface area contributed by atoms with Gasteiger partial charge in [-0.2, -0.15) is 0 Å². The number of fused-ring (bicyclic) bond motifs is 1. The number of phenolic OH excluding ortho intramolecular Hbond substituents is 1. The summed E-state index contributed by atoms with van der Waals surface area (Å²) in [7, 11) is 0. The molecule has 1 N–H and O–H groups in total. The van der Waals surface area contributed by atoms with Gasteiger partial charge in [0.1, 0.15) is 11.6 Å². The smallest absolute Gasteiger partial charge is 0.123 e. The van der Waals surface area contributed by atoms with Crippen molar-refractivity contribution in [2.75, 3.05) is 13.1 Å². The minimum absolute atomic E-state index is 0.00752. The van der Waals surface area contributed by atoms with Crippen molar-refractivity contribution in [3.63, 3.8) is 0 Å². The Bertz CT molecular complexity index is 734. The van der Waals surface area contributed by atoms with E-state index in [1.165, 1.54) is 55.4 Å². The SMILES string of the molecule is Oc1cc2c(cc1C(c1ccc(F)cc1)N1CCCCC1)CCCC2. The van der Waals surface area contributed by atoms with Crippen LogP contribution in [0, 0.1) is 5.82 Å². The van der Waals surface area contributed by atoms with Crippen LogP contribution in [0.15, 0.2) is 36.4 Å². The molecule has 0 amide bonds. The van der Waals surface area contributed by atoms with Crippen LogP contribution < -0.4 is 0 Å². The van der Waals surface area contributed by atoms with Crippen LogP contribution in [0.1, 0.15) is 60.4 Å². The summed E-state index contributed by atoms with van der Waals surface area (Å²) in [6.45, 7) is 2.05. The fraction of sp³-hybridized carbons (Fsp3) is 0.455. The second-order valence-electron chi connectivity index (χ2n) is 7.44. The molecule has 0 spiro atoms. The van der Waals surface area contributed by atoms with Crippen molar-refractivity contribution >= 4 is 0 Å². The van der Waals surface area contributed by atoms with Gasteiger partial charge in [-0.25, -0.2) is 4.39 Å². The van der Waals surface area contributed by atoms with Gasteiger partial charge in [-0.3, -0.25) is 4.90 Å². The summed E-state index contributed by atoms with van der Waals surface area (Å²) in [5, 5.41) is 10.8. The van der Waals surface area contributed by atoms with E-state index >= 15 is 0 Å². The Balaban J connectivity index is 1.78. The van der Waals surface area contributed by atoms with Gasteiger partial charge in [0.15, 0.2) is 0 Å². The molecule has 1 fully saturated rings. The number of nitrogens with zero attached hydrogens (tertiary/aromatic N) is 1. The van der Waals surface area contributed by atoms with Crippen molar-refractivity contribution in [1.82, 2.24) is 4.90 Å². The Labute approximate surface area is 149 Å². The van der Waals surface area contributed by atoms with E-state index in [4.69, 9.17) is 0 Å². The van der Waals surface area contributed by atoms with Crippen LogP contribution in [0.25, 0.3) is 0 Å². The molecule has 25 heavy (non-hydrogen) atoms. The molecule has 0 saturated carbocycles. The van der Waals surface area contributed by atoms with E-state index in [-0.39, 0.29) is 11.9 Å². The number of benzene rings is 2. The summed E-state index contributed by atoms with van der Waals surface area (Å²) in [6.07, 6.45) is 8.23. The molecule has 0 aromatic heterocycles. The molecule has 2 aliphatic rings. The Hall–Kier alpha value is -1.87. The zero-order chi connectivity index (χ0) is 17.2. The van der Waals surface area contributed by atoms with Gasteiger partial charge in [0.05, 0.1) is 6.04 Å². The van der Waals surface area contributed by atoms with Gasteiger partial charge in [-0.1, -0.05) is 18.6 Å². The largest absolute Gasteiger partial charge is 0.508 e. The van der Waals surface area contributed by atoms with Crippen LogP contribution in [0.5, 0.6) is 5.75 Å². The molecule has 2 aromatic carbocycles. The van der Waals surface area contributed by atoms with E-state index in [0.29, 0.717) is 5.75 Å². The average Bonchev–Trinajstić information content (AvgIpc) is 2.65. The molecule has 0 radical (unpaired) electrons. The molecule has 132 valence electrons. The first-order chi connectivity index (χ1) is 12.2. The maximum atomic E-state index is 13.4. The van der Waals surface area contributed by atoms with Crippen molar-refractivity contribution < 1.29 is 9.50 Å². The molecule has 1 unspecified atom stereocenters. The quantitative estimate of drug-likeness (QED) is 0.852. The predicted octanol–water partition coefficient (Wildman–Crippen LogP) is 4.99. The Morgan fingerprint density at radius 2 is 1.48 bits per heavy atom. The lowest BCUT2D eigenvalue weighted by Gasteiger charge is -2.36. The van der Waals surface area contributed by atoms with E-state index in [0.717, 1.165) is 37.1 Å². The number of hydrogen-bond acceptors (Lipinski definition) is 2. The van der Waals surface area contributed by atoms with Crippen LogP contribution in [0.3, 0.4) is 0 Å². The number of halogens is 1. The van der Waals surface area contributed by atoms with Crippen LogP contribution in [-0.4, -0.2) is 23.1 Å². The maximum Gasteiger partial charge on any atom is 0.123 e. The molecule has 1 aliphatic carbocycles. The summed E-state index contributed by atoms with van der Waals surface area (Å²) in [5.41, 5.74) is 4.72. The van der Waals surface area contributed by atoms with Crippen LogP contribution in [0.4, 0.5) is 4.39 Å². The number of aryl methyl sites for hydroxylation is 2. The maximum absolute atomic E-state index is 13.4. The van der Waals surface area contributed by atoms with Gasteiger partial charge >= 0.3 is 0 Å². The van der Waals surface area contributed by atoms with Crippen molar-refractivity contribution in [3.8, 4) is 5.75 Å². The monoisotopic (exact) mass is 339 g/mol. The number of hydrogen-bond donors (Lipinski definition) is 1. The van der Waals surface area contributed by atoms with Crippen molar-refractivity contribution in [1.29, 1.82) is 0 Å². The van der Waals surface area contributed by atoms with E-state index < -0.39 is 0 Å². The van der Waals surface area contributed by atoms with Gasteiger partial charge in [0.2, 0.25) is 0 Å². The molecule has 1 saturated heterocycles. The first-order valence-electron chi connectivity index (χ1n) is 9.56. The lowest BCUT2D eigenvalue weighted by Crippen LogP contribution is -2.34. The molecule has 2 nitrogen and oxygen atoms in total. The summed E-state index contributed by atoms with van der Waals surface area (Å²) < 4.78 is 13.4. The number of likely N-dealkylation sites (tertiary alicyclic amines) is 1. The highest BCUT2D eigenvalue weighted by Crippen LogP contribution is 2.39. The second-order valence-corrected chi connectivity index (χ2v) is 7.44. The lowest BCUT2D eigenvalue weighted by molar-refractivity contribution is 0.185. The van der Waals surface area contributed by atoms with E-state index in [1.54, 1.807) is 0 Å². The molecule has 1 aliphatic heterocycles. The highest BCUT2D eigenvalue weighted by molar-refractivity contribution is 5.47. The highest BCUT2D eigenvalue weighted by Gasteiger charge is 2.27. The first kappa shape index (κ1) is 16.6. The van der Waals surface area contributed by atoms with E-state index in [9.17, 15) is 9.50 Å². The van der Waals surface area contributed by atoms with E-state index in [2.05, 4.69) is 11.0 Å². The zero-order valence-corrected chi connectivity index (χ0v) is 14.7. The third kappa shape index (κ3) is 3.43. The Morgan fingerprint density at radius 3 is 2.16 bits per heavy atom. The zero-order valence-electron chi connectivity index (χ0n) is 14.7. The third-order valence-electron chi connectivity index (χ3n) is 5.73. The molecule has 1 atom stereocenters. The number of phenols is 1. The summed E-state index contributed by atoms with van der Waals surface area (Å²) in [5.74, 6) is 0.177. The van der Waals surface area contributed by atoms with Gasteiger partial charge in [0, 0.05) is 5.56 Å². The normalized spacial score (nSPS) is 19.4. The van der Waals surface area contributed by atoms with Crippen LogP contribution >= 0.6 is 0 Å². The number of rotatable bonds is 3. The van der Waals surface area contributed by atoms with Crippen LogP contribution in [0.2, 0.25) is 0 Å². The average molecular weight is 339 g/mol. The molecule has 2 aromatic rings. The van der Waals surface area contributed by atoms with Crippen molar-refractivity contribution in [3.05, 3.63) is 64.5 Å². The second kappa shape index (κ2) is 7.17. The molecule has 4 rings (SSSR count). The van der Waals surface area contributed by atoms with Crippen molar-refractivity contribution in [2.45, 2.75) is 51.0 Å². The standard InChI is InChI=1S/C22H26FNO/c23-19-10-8-16(9-11-19)22(24-12-4-1-5-13-24)20-14-17-6-2-3-7-18(17)15-21(20)25/h8-11,14-15,22,25H,1-7,12-13H2. The fourth-order valence-electron chi connectivity index (χ4n) is 4.42. The summed E-state index contributed by atoms with van der Waals surface area (Å²) >= 11 is 0. The Morgan fingerprint density at radius 1 is 0.840 bits per heavy atom. The number of piperidine rings is 1. The summed E-state index contributed by atoms with van der Waals surface area (Å²) in [6, 6.07) is 11.0. The van der Waals surface area contributed by atoms with Crippen molar-refractivity contribution in [2.24, 2.45) is 0 Å². The highest BCUT2D eigenvalue weighted by atomic mass is 19.1. The van der Waals surface area contributed by atoms with Gasteiger partial charge in [-0.15, -0.1) is 0 Å². The first-order valence-corrected chi connectivity index (χ1v) is 9.56. The fourth-order valence-corrected chi connectivity index (χ4v) is 4.42. The molecular weight excluding hydrogens is 313 g/mol. The topological polar surface area (TPSA) is 23.5 Å².